The molecule has 3 rings (SSSR count). The van der Waals surface area contributed by atoms with E-state index in [0.29, 0.717) is 22.4 Å². The van der Waals surface area contributed by atoms with E-state index in [4.69, 9.17) is 10.5 Å². The molecule has 9 heteroatoms. The number of hydrogen-bond acceptors (Lipinski definition) is 6. The van der Waals surface area contributed by atoms with Crippen molar-refractivity contribution in [2.45, 2.75) is 39.2 Å². The number of imidazole rings is 1. The van der Waals surface area contributed by atoms with Crippen molar-refractivity contribution in [3.05, 3.63) is 42.2 Å². The van der Waals surface area contributed by atoms with Gasteiger partial charge in [-0.1, -0.05) is 0 Å². The Bertz CT molecular complexity index is 1020. The second kappa shape index (κ2) is 8.84. The maximum absolute atomic E-state index is 14.7. The van der Waals surface area contributed by atoms with Crippen LogP contribution in [0.2, 0.25) is 0 Å². The first-order valence-corrected chi connectivity index (χ1v) is 9.18. The number of aromatic nitrogens is 4. The molecule has 2 aromatic heterocycles. The Morgan fingerprint density at radius 3 is 2.66 bits per heavy atom. The van der Waals surface area contributed by atoms with Crippen LogP contribution in [0.3, 0.4) is 0 Å². The van der Waals surface area contributed by atoms with Gasteiger partial charge >= 0.3 is 5.97 Å². The molecule has 0 saturated carbocycles. The highest BCUT2D eigenvalue weighted by Crippen LogP contribution is 2.32. The predicted molar refractivity (Wildman–Crippen MR) is 111 cm³/mol. The summed E-state index contributed by atoms with van der Waals surface area (Å²) in [5, 5.41) is 0. The van der Waals surface area contributed by atoms with Crippen molar-refractivity contribution < 1.29 is 13.9 Å². The summed E-state index contributed by atoms with van der Waals surface area (Å²) in [7, 11) is 0. The highest BCUT2D eigenvalue weighted by molar-refractivity contribution is 5.88. The summed E-state index contributed by atoms with van der Waals surface area (Å²) in [6.45, 7) is 7.44. The van der Waals surface area contributed by atoms with E-state index in [-0.39, 0.29) is 37.2 Å². The lowest BCUT2D eigenvalue weighted by molar-refractivity contribution is -0.149. The first-order valence-electron chi connectivity index (χ1n) is 9.18. The lowest BCUT2D eigenvalue weighted by Gasteiger charge is -2.27. The molecular weight excluding hydrogens is 397 g/mol. The molecule has 0 fully saturated rings. The second-order valence-corrected chi connectivity index (χ2v) is 7.09. The Balaban J connectivity index is 0.00000300. The molecule has 0 aliphatic rings. The minimum atomic E-state index is -1.31. The number of ether oxygens (including phenoxy) is 1. The lowest BCUT2D eigenvalue weighted by atomic mass is 9.81. The first kappa shape index (κ1) is 22.7. The van der Waals surface area contributed by atoms with Crippen LogP contribution in [-0.4, -0.2) is 38.6 Å². The zero-order chi connectivity index (χ0) is 20.5. The van der Waals surface area contributed by atoms with Gasteiger partial charge in [0.05, 0.1) is 12.9 Å². The highest BCUT2D eigenvalue weighted by atomic mass is 35.5. The molecule has 0 radical (unpaired) electrons. The van der Waals surface area contributed by atoms with Crippen molar-refractivity contribution in [3.63, 3.8) is 0 Å². The molecule has 0 spiro atoms. The average molecular weight is 422 g/mol. The van der Waals surface area contributed by atoms with Gasteiger partial charge in [-0.2, -0.15) is 0 Å². The molecule has 156 valence electrons. The van der Waals surface area contributed by atoms with Crippen LogP contribution in [0, 0.1) is 5.82 Å². The van der Waals surface area contributed by atoms with E-state index in [1.807, 2.05) is 18.4 Å². The van der Waals surface area contributed by atoms with Crippen LogP contribution >= 0.6 is 12.4 Å². The van der Waals surface area contributed by atoms with Crippen molar-refractivity contribution in [1.29, 1.82) is 0 Å². The molecule has 0 bridgehead atoms. The summed E-state index contributed by atoms with van der Waals surface area (Å²) in [6, 6.07) is 4.69. The molecule has 1 unspecified atom stereocenters. The Hall–Kier alpha value is -2.58. The molecule has 1 aromatic carbocycles. The first-order chi connectivity index (χ1) is 13.3. The Morgan fingerprint density at radius 1 is 1.31 bits per heavy atom. The van der Waals surface area contributed by atoms with E-state index in [1.165, 1.54) is 12.4 Å². The van der Waals surface area contributed by atoms with Crippen LogP contribution in [0.4, 0.5) is 4.39 Å². The highest BCUT2D eigenvalue weighted by Gasteiger charge is 2.38. The molecule has 0 aliphatic heterocycles. The summed E-state index contributed by atoms with van der Waals surface area (Å²) in [6.07, 6.45) is 3.16. The van der Waals surface area contributed by atoms with Gasteiger partial charge in [-0.05, 0) is 45.9 Å². The summed E-state index contributed by atoms with van der Waals surface area (Å²) >= 11 is 0. The number of esters is 1. The monoisotopic (exact) mass is 421 g/mol. The second-order valence-electron chi connectivity index (χ2n) is 7.09. The van der Waals surface area contributed by atoms with E-state index in [1.54, 1.807) is 32.3 Å². The number of hydrogen-bond donors (Lipinski definition) is 1. The number of carbonyl (C=O) groups excluding carboxylic acids is 1. The minimum absolute atomic E-state index is 0. The standard InChI is InChI=1S/C20H24FN5O2.ClH/c1-5-28-19(27)20(4,9-22)14-8-13(6-7-15(14)21)16-17-18(24-10-23-16)26(11-25-17)12(2)3;/h6-8,10-12H,5,9,22H2,1-4H3;1H. The molecule has 1 atom stereocenters. The van der Waals surface area contributed by atoms with Crippen molar-refractivity contribution in [2.75, 3.05) is 13.2 Å². The molecule has 29 heavy (non-hydrogen) atoms. The number of carbonyl (C=O) groups is 1. The number of halogens is 2. The van der Waals surface area contributed by atoms with Crippen LogP contribution in [0.25, 0.3) is 22.4 Å². The lowest BCUT2D eigenvalue weighted by Crippen LogP contribution is -2.42. The largest absolute Gasteiger partial charge is 0.465 e. The smallest absolute Gasteiger partial charge is 0.317 e. The number of fused-ring (bicyclic) bond motifs is 1. The third-order valence-electron chi connectivity index (χ3n) is 4.88. The van der Waals surface area contributed by atoms with Crippen molar-refractivity contribution in [2.24, 2.45) is 5.73 Å². The fourth-order valence-corrected chi connectivity index (χ4v) is 3.13. The Labute approximate surface area is 174 Å². The van der Waals surface area contributed by atoms with Gasteiger partial charge in [0.2, 0.25) is 0 Å². The van der Waals surface area contributed by atoms with Gasteiger partial charge in [-0.15, -0.1) is 12.4 Å². The maximum Gasteiger partial charge on any atom is 0.317 e. The number of nitrogens with zero attached hydrogens (tertiary/aromatic N) is 4. The fourth-order valence-electron chi connectivity index (χ4n) is 3.13. The van der Waals surface area contributed by atoms with E-state index < -0.39 is 17.2 Å². The quantitative estimate of drug-likeness (QED) is 0.612. The predicted octanol–water partition coefficient (Wildman–Crippen LogP) is 3.41. The molecule has 3 aromatic rings. The molecule has 0 amide bonds. The van der Waals surface area contributed by atoms with Crippen molar-refractivity contribution in [1.82, 2.24) is 19.5 Å². The maximum atomic E-state index is 14.7. The summed E-state index contributed by atoms with van der Waals surface area (Å²) in [4.78, 5) is 25.6. The number of benzene rings is 1. The Kier molecular flexibility index (Phi) is 6.92. The van der Waals surface area contributed by atoms with Gasteiger partial charge in [-0.25, -0.2) is 19.3 Å². The van der Waals surface area contributed by atoms with E-state index in [0.717, 1.165) is 0 Å². The third-order valence-corrected chi connectivity index (χ3v) is 4.88. The van der Waals surface area contributed by atoms with Crippen LogP contribution in [0.15, 0.2) is 30.9 Å². The molecule has 0 aliphatic carbocycles. The van der Waals surface area contributed by atoms with Crippen molar-refractivity contribution >= 4 is 29.5 Å². The molecular formula is C20H25ClFN5O2. The average Bonchev–Trinajstić information content (AvgIpc) is 3.12. The van der Waals surface area contributed by atoms with Gasteiger partial charge in [0, 0.05) is 23.7 Å². The minimum Gasteiger partial charge on any atom is -0.465 e. The van der Waals surface area contributed by atoms with Crippen molar-refractivity contribution in [3.8, 4) is 11.3 Å². The number of rotatable bonds is 6. The SMILES string of the molecule is CCOC(=O)C(C)(CN)c1cc(-c2ncnc3c2ncn3C(C)C)ccc1F.Cl. The molecule has 0 saturated heterocycles. The van der Waals surface area contributed by atoms with Crippen LogP contribution in [0.5, 0.6) is 0 Å². The molecule has 2 heterocycles. The van der Waals surface area contributed by atoms with Gasteiger partial charge in [-0.3, -0.25) is 4.79 Å². The Morgan fingerprint density at radius 2 is 2.03 bits per heavy atom. The zero-order valence-electron chi connectivity index (χ0n) is 16.8. The number of nitrogens with two attached hydrogens (primary N) is 1. The van der Waals surface area contributed by atoms with E-state index in [2.05, 4.69) is 15.0 Å². The van der Waals surface area contributed by atoms with E-state index in [9.17, 15) is 9.18 Å². The fraction of sp³-hybridized carbons (Fsp3) is 0.400. The van der Waals surface area contributed by atoms with Gasteiger partial charge in [0.15, 0.2) is 5.65 Å². The van der Waals surface area contributed by atoms with Crippen LogP contribution in [0.1, 0.15) is 39.3 Å². The summed E-state index contributed by atoms with van der Waals surface area (Å²) < 4.78 is 21.7. The normalized spacial score (nSPS) is 13.2. The summed E-state index contributed by atoms with van der Waals surface area (Å²) in [5.74, 6) is -1.09. The van der Waals surface area contributed by atoms with Gasteiger partial charge in [0.25, 0.3) is 0 Å². The summed E-state index contributed by atoms with van der Waals surface area (Å²) in [5.41, 5.74) is 7.20. The van der Waals surface area contributed by atoms with Crippen LogP contribution in [-0.2, 0) is 14.9 Å². The molecule has 7 nitrogen and oxygen atoms in total. The van der Waals surface area contributed by atoms with Gasteiger partial charge in [0.1, 0.15) is 28.8 Å². The van der Waals surface area contributed by atoms with Crippen LogP contribution < -0.4 is 5.73 Å². The zero-order valence-corrected chi connectivity index (χ0v) is 17.7. The van der Waals surface area contributed by atoms with Gasteiger partial charge < -0.3 is 15.0 Å². The molecule has 2 N–H and O–H groups in total. The van der Waals surface area contributed by atoms with E-state index >= 15 is 0 Å². The topological polar surface area (TPSA) is 95.9 Å². The third kappa shape index (κ3) is 3.95.